The van der Waals surface area contributed by atoms with E-state index in [4.69, 9.17) is 0 Å². The average Bonchev–Trinajstić information content (AvgIpc) is 2.27. The van der Waals surface area contributed by atoms with Crippen LogP contribution in [0.5, 0.6) is 0 Å². The van der Waals surface area contributed by atoms with Crippen molar-refractivity contribution < 1.29 is 9.59 Å². The molecule has 1 aromatic rings. The average molecular weight is 246 g/mol. The van der Waals surface area contributed by atoms with Gasteiger partial charge in [-0.2, -0.15) is 0 Å². The van der Waals surface area contributed by atoms with E-state index in [1.165, 1.54) is 11.0 Å². The topological polar surface area (TPSA) is 49.4 Å². The lowest BCUT2D eigenvalue weighted by molar-refractivity contribution is -0.111. The first-order valence-corrected chi connectivity index (χ1v) is 5.67. The zero-order valence-electron chi connectivity index (χ0n) is 11.2. The number of hydrogen-bond acceptors (Lipinski definition) is 2. The summed E-state index contributed by atoms with van der Waals surface area (Å²) >= 11 is 0. The molecule has 1 aromatic carbocycles. The number of rotatable bonds is 3. The molecule has 0 unspecified atom stereocenters. The van der Waals surface area contributed by atoms with Crippen molar-refractivity contribution >= 4 is 17.5 Å². The van der Waals surface area contributed by atoms with Gasteiger partial charge in [0.25, 0.3) is 5.91 Å². The van der Waals surface area contributed by atoms with E-state index in [0.29, 0.717) is 11.3 Å². The second kappa shape index (κ2) is 6.00. The zero-order chi connectivity index (χ0) is 13.7. The summed E-state index contributed by atoms with van der Waals surface area (Å²) in [6, 6.07) is 6.82. The summed E-state index contributed by atoms with van der Waals surface area (Å²) in [5.41, 5.74) is 2.21. The fourth-order valence-corrected chi connectivity index (χ4v) is 1.39. The monoisotopic (exact) mass is 246 g/mol. The van der Waals surface area contributed by atoms with Crippen molar-refractivity contribution in [2.45, 2.75) is 13.8 Å². The minimum absolute atomic E-state index is 0.0582. The van der Waals surface area contributed by atoms with E-state index >= 15 is 0 Å². The Morgan fingerprint density at radius 3 is 2.11 bits per heavy atom. The minimum Gasteiger partial charge on any atom is -0.345 e. The third kappa shape index (κ3) is 4.05. The van der Waals surface area contributed by atoms with Crippen molar-refractivity contribution in [3.8, 4) is 0 Å². The molecule has 0 radical (unpaired) electrons. The Hall–Kier alpha value is -2.10. The molecule has 0 aromatic heterocycles. The van der Waals surface area contributed by atoms with Crippen molar-refractivity contribution in [2.75, 3.05) is 19.4 Å². The van der Waals surface area contributed by atoms with Gasteiger partial charge in [0.1, 0.15) is 0 Å². The van der Waals surface area contributed by atoms with Crippen molar-refractivity contribution in [1.82, 2.24) is 4.90 Å². The fraction of sp³-hybridized carbons (Fsp3) is 0.286. The molecular formula is C14H18N2O2. The minimum atomic E-state index is -0.165. The van der Waals surface area contributed by atoms with Gasteiger partial charge in [0.2, 0.25) is 5.91 Å². The molecule has 0 aliphatic rings. The van der Waals surface area contributed by atoms with Crippen molar-refractivity contribution in [1.29, 1.82) is 0 Å². The summed E-state index contributed by atoms with van der Waals surface area (Å²) in [5.74, 6) is -0.223. The van der Waals surface area contributed by atoms with E-state index in [9.17, 15) is 9.59 Å². The number of nitrogens with zero attached hydrogens (tertiary/aromatic N) is 1. The molecule has 0 saturated heterocycles. The van der Waals surface area contributed by atoms with Gasteiger partial charge in [0, 0.05) is 31.4 Å². The highest BCUT2D eigenvalue weighted by atomic mass is 16.2. The fourth-order valence-electron chi connectivity index (χ4n) is 1.39. The summed E-state index contributed by atoms with van der Waals surface area (Å²) in [6.45, 7) is 3.72. The maximum absolute atomic E-state index is 11.7. The molecule has 0 fully saturated rings. The van der Waals surface area contributed by atoms with Crippen LogP contribution in [-0.4, -0.2) is 30.8 Å². The first-order valence-electron chi connectivity index (χ1n) is 5.67. The number of carbonyl (C=O) groups is 2. The Kier molecular flexibility index (Phi) is 4.66. The van der Waals surface area contributed by atoms with Gasteiger partial charge in [-0.3, -0.25) is 9.59 Å². The Morgan fingerprint density at radius 2 is 1.67 bits per heavy atom. The van der Waals surface area contributed by atoms with E-state index in [0.717, 1.165) is 5.57 Å². The smallest absolute Gasteiger partial charge is 0.253 e. The van der Waals surface area contributed by atoms with Crippen LogP contribution < -0.4 is 5.32 Å². The number of benzene rings is 1. The van der Waals surface area contributed by atoms with E-state index in [-0.39, 0.29) is 11.8 Å². The van der Waals surface area contributed by atoms with Gasteiger partial charge >= 0.3 is 0 Å². The van der Waals surface area contributed by atoms with Crippen LogP contribution in [0.1, 0.15) is 24.2 Å². The van der Waals surface area contributed by atoms with E-state index < -0.39 is 0 Å². The number of amides is 2. The van der Waals surface area contributed by atoms with Crippen LogP contribution in [0.4, 0.5) is 5.69 Å². The molecule has 4 heteroatoms. The second-order valence-electron chi connectivity index (χ2n) is 4.49. The Labute approximate surface area is 107 Å². The quantitative estimate of drug-likeness (QED) is 0.832. The van der Waals surface area contributed by atoms with E-state index in [2.05, 4.69) is 5.32 Å². The molecule has 18 heavy (non-hydrogen) atoms. The number of hydrogen-bond donors (Lipinski definition) is 1. The molecule has 1 N–H and O–H groups in total. The lowest BCUT2D eigenvalue weighted by atomic mass is 10.2. The number of anilines is 1. The van der Waals surface area contributed by atoms with Gasteiger partial charge < -0.3 is 10.2 Å². The predicted molar refractivity (Wildman–Crippen MR) is 72.5 cm³/mol. The van der Waals surface area contributed by atoms with Gasteiger partial charge in [0.15, 0.2) is 0 Å². The third-order valence-corrected chi connectivity index (χ3v) is 2.23. The molecular weight excluding hydrogens is 228 g/mol. The second-order valence-corrected chi connectivity index (χ2v) is 4.49. The highest BCUT2D eigenvalue weighted by molar-refractivity contribution is 6.00. The Bertz CT molecular complexity index is 469. The van der Waals surface area contributed by atoms with Gasteiger partial charge in [0.05, 0.1) is 0 Å². The number of carbonyl (C=O) groups excluding carboxylic acids is 2. The first kappa shape index (κ1) is 14.0. The van der Waals surface area contributed by atoms with E-state index in [1.54, 1.807) is 38.4 Å². The van der Waals surface area contributed by atoms with Gasteiger partial charge in [-0.05, 0) is 38.1 Å². The molecule has 0 heterocycles. The highest BCUT2D eigenvalue weighted by Gasteiger charge is 2.07. The molecule has 0 saturated carbocycles. The highest BCUT2D eigenvalue weighted by Crippen LogP contribution is 2.11. The lowest BCUT2D eigenvalue weighted by Gasteiger charge is -2.10. The van der Waals surface area contributed by atoms with Crippen LogP contribution in [-0.2, 0) is 4.79 Å². The molecule has 0 atom stereocenters. The maximum Gasteiger partial charge on any atom is 0.253 e. The first-order chi connectivity index (χ1) is 8.40. The van der Waals surface area contributed by atoms with Gasteiger partial charge in [-0.15, -0.1) is 0 Å². The van der Waals surface area contributed by atoms with Crippen LogP contribution in [0, 0.1) is 0 Å². The maximum atomic E-state index is 11.7. The predicted octanol–water partition coefficient (Wildman–Crippen LogP) is 2.29. The summed E-state index contributed by atoms with van der Waals surface area (Å²) in [5, 5.41) is 2.73. The van der Waals surface area contributed by atoms with Crippen molar-refractivity contribution in [2.24, 2.45) is 0 Å². The van der Waals surface area contributed by atoms with Gasteiger partial charge in [-0.25, -0.2) is 0 Å². The SMILES string of the molecule is CC(C)=CC(=O)Nc1ccc(C(=O)N(C)C)cc1. The molecule has 0 spiro atoms. The van der Waals surface area contributed by atoms with Crippen molar-refractivity contribution in [3.63, 3.8) is 0 Å². The molecule has 1 rings (SSSR count). The van der Waals surface area contributed by atoms with Crippen LogP contribution in [0.25, 0.3) is 0 Å². The lowest BCUT2D eigenvalue weighted by Crippen LogP contribution is -2.21. The standard InChI is InChI=1S/C14H18N2O2/c1-10(2)9-13(17)15-12-7-5-11(6-8-12)14(18)16(3)4/h5-9H,1-4H3,(H,15,17). The molecule has 96 valence electrons. The molecule has 0 aliphatic heterocycles. The number of nitrogens with one attached hydrogen (secondary N) is 1. The summed E-state index contributed by atoms with van der Waals surface area (Å²) in [6.07, 6.45) is 1.53. The normalized spacial score (nSPS) is 9.56. The van der Waals surface area contributed by atoms with E-state index in [1.807, 2.05) is 13.8 Å². The molecule has 0 aliphatic carbocycles. The Balaban J connectivity index is 2.75. The number of allylic oxidation sites excluding steroid dienone is 1. The van der Waals surface area contributed by atoms with Crippen molar-refractivity contribution in [3.05, 3.63) is 41.5 Å². The molecule has 2 amide bonds. The summed E-state index contributed by atoms with van der Waals surface area (Å²) < 4.78 is 0. The summed E-state index contributed by atoms with van der Waals surface area (Å²) in [7, 11) is 3.40. The van der Waals surface area contributed by atoms with Crippen LogP contribution in [0.2, 0.25) is 0 Å². The van der Waals surface area contributed by atoms with Crippen LogP contribution >= 0.6 is 0 Å². The van der Waals surface area contributed by atoms with Gasteiger partial charge in [-0.1, -0.05) is 5.57 Å². The third-order valence-electron chi connectivity index (χ3n) is 2.23. The molecule has 0 bridgehead atoms. The Morgan fingerprint density at radius 1 is 1.11 bits per heavy atom. The zero-order valence-corrected chi connectivity index (χ0v) is 11.2. The summed E-state index contributed by atoms with van der Waals surface area (Å²) in [4.78, 5) is 24.7. The van der Waals surface area contributed by atoms with Crippen LogP contribution in [0.15, 0.2) is 35.9 Å². The van der Waals surface area contributed by atoms with Crippen LogP contribution in [0.3, 0.4) is 0 Å². The molecule has 4 nitrogen and oxygen atoms in total. The largest absolute Gasteiger partial charge is 0.345 e.